The summed E-state index contributed by atoms with van der Waals surface area (Å²) in [4.78, 5) is 25.7. The molecule has 1 aromatic carbocycles. The highest BCUT2D eigenvalue weighted by Crippen LogP contribution is 2.29. The Kier molecular flexibility index (Phi) is 3.55. The fourth-order valence-electron chi connectivity index (χ4n) is 2.56. The number of nitrogens with zero attached hydrogens (tertiary/aromatic N) is 1. The van der Waals surface area contributed by atoms with E-state index < -0.39 is 0 Å². The van der Waals surface area contributed by atoms with Gasteiger partial charge in [0.25, 0.3) is 11.8 Å². The van der Waals surface area contributed by atoms with Crippen molar-refractivity contribution < 1.29 is 19.1 Å². The van der Waals surface area contributed by atoms with Crippen LogP contribution in [0.15, 0.2) is 18.2 Å². The van der Waals surface area contributed by atoms with Gasteiger partial charge in [-0.05, 0) is 32.0 Å². The Balaban J connectivity index is 1.83. The van der Waals surface area contributed by atoms with E-state index in [0.717, 1.165) is 0 Å². The van der Waals surface area contributed by atoms with Gasteiger partial charge in [0.15, 0.2) is 6.61 Å². The van der Waals surface area contributed by atoms with Crippen LogP contribution in [-0.4, -0.2) is 48.6 Å². The maximum atomic E-state index is 12.6. The monoisotopic (exact) mass is 290 g/mol. The van der Waals surface area contributed by atoms with Crippen molar-refractivity contribution >= 4 is 17.5 Å². The van der Waals surface area contributed by atoms with Crippen LogP contribution in [-0.2, 0) is 9.53 Å². The topological polar surface area (TPSA) is 67.9 Å². The van der Waals surface area contributed by atoms with Gasteiger partial charge in [-0.1, -0.05) is 0 Å². The van der Waals surface area contributed by atoms with Gasteiger partial charge in [-0.3, -0.25) is 9.59 Å². The van der Waals surface area contributed by atoms with Gasteiger partial charge in [0.1, 0.15) is 5.75 Å². The number of fused-ring (bicyclic) bond motifs is 1. The SMILES string of the molecule is CC1CN(C(=O)c2ccc3c(c2)OCC(=O)N3)C(C)CO1. The van der Waals surface area contributed by atoms with Gasteiger partial charge in [0.2, 0.25) is 0 Å². The lowest BCUT2D eigenvalue weighted by Gasteiger charge is -2.37. The van der Waals surface area contributed by atoms with Gasteiger partial charge >= 0.3 is 0 Å². The number of hydrogen-bond acceptors (Lipinski definition) is 4. The molecule has 0 spiro atoms. The lowest BCUT2D eigenvalue weighted by molar-refractivity contribution is -0.118. The van der Waals surface area contributed by atoms with Crippen LogP contribution in [0.5, 0.6) is 5.75 Å². The van der Waals surface area contributed by atoms with E-state index >= 15 is 0 Å². The van der Waals surface area contributed by atoms with Gasteiger partial charge in [-0.2, -0.15) is 0 Å². The zero-order chi connectivity index (χ0) is 15.0. The zero-order valence-electron chi connectivity index (χ0n) is 12.1. The van der Waals surface area contributed by atoms with Gasteiger partial charge in [0.05, 0.1) is 24.4 Å². The molecule has 2 atom stereocenters. The molecule has 2 aliphatic rings. The summed E-state index contributed by atoms with van der Waals surface area (Å²) in [5.74, 6) is 0.313. The quantitative estimate of drug-likeness (QED) is 0.845. The third-order valence-electron chi connectivity index (χ3n) is 3.73. The second-order valence-electron chi connectivity index (χ2n) is 5.50. The second-order valence-corrected chi connectivity index (χ2v) is 5.50. The summed E-state index contributed by atoms with van der Waals surface area (Å²) in [6.45, 7) is 5.03. The van der Waals surface area contributed by atoms with Crippen LogP contribution >= 0.6 is 0 Å². The lowest BCUT2D eigenvalue weighted by Crippen LogP contribution is -2.50. The summed E-state index contributed by atoms with van der Waals surface area (Å²) >= 11 is 0. The molecule has 2 amide bonds. The molecule has 2 unspecified atom stereocenters. The van der Waals surface area contributed by atoms with Crippen molar-refractivity contribution in [3.05, 3.63) is 23.8 Å². The summed E-state index contributed by atoms with van der Waals surface area (Å²) in [6.07, 6.45) is 0.0401. The van der Waals surface area contributed by atoms with E-state index in [9.17, 15) is 9.59 Å². The fraction of sp³-hybridized carbons (Fsp3) is 0.467. The fourth-order valence-corrected chi connectivity index (χ4v) is 2.56. The zero-order valence-corrected chi connectivity index (χ0v) is 12.1. The van der Waals surface area contributed by atoms with Gasteiger partial charge in [0, 0.05) is 12.1 Å². The maximum Gasteiger partial charge on any atom is 0.262 e. The van der Waals surface area contributed by atoms with Crippen molar-refractivity contribution in [3.8, 4) is 5.75 Å². The molecule has 0 aliphatic carbocycles. The number of carbonyl (C=O) groups excluding carboxylic acids is 2. The normalized spacial score (nSPS) is 24.9. The van der Waals surface area contributed by atoms with Crippen molar-refractivity contribution in [2.24, 2.45) is 0 Å². The van der Waals surface area contributed by atoms with Crippen molar-refractivity contribution in [1.29, 1.82) is 0 Å². The van der Waals surface area contributed by atoms with E-state index in [1.807, 2.05) is 18.7 Å². The first kappa shape index (κ1) is 13.9. The number of benzene rings is 1. The standard InChI is InChI=1S/C15H18N2O4/c1-9-7-20-10(2)6-17(9)15(19)11-3-4-12-13(5-11)21-8-14(18)16-12/h3-5,9-10H,6-8H2,1-2H3,(H,16,18). The highest BCUT2D eigenvalue weighted by Gasteiger charge is 2.29. The number of amides is 2. The molecule has 1 fully saturated rings. The third kappa shape index (κ3) is 2.71. The van der Waals surface area contributed by atoms with E-state index in [2.05, 4.69) is 5.32 Å². The van der Waals surface area contributed by atoms with Crippen LogP contribution in [0.4, 0.5) is 5.69 Å². The van der Waals surface area contributed by atoms with Crippen LogP contribution < -0.4 is 10.1 Å². The number of morpholine rings is 1. The molecule has 1 aromatic rings. The molecule has 21 heavy (non-hydrogen) atoms. The van der Waals surface area contributed by atoms with Crippen LogP contribution in [0.1, 0.15) is 24.2 Å². The summed E-state index contributed by atoms with van der Waals surface area (Å²) in [5, 5.41) is 2.71. The van der Waals surface area contributed by atoms with Crippen molar-refractivity contribution in [2.75, 3.05) is 25.1 Å². The minimum atomic E-state index is -0.183. The highest BCUT2D eigenvalue weighted by molar-refractivity contribution is 5.99. The highest BCUT2D eigenvalue weighted by atomic mass is 16.5. The lowest BCUT2D eigenvalue weighted by atomic mass is 10.1. The first-order valence-electron chi connectivity index (χ1n) is 7.04. The van der Waals surface area contributed by atoms with E-state index in [0.29, 0.717) is 30.2 Å². The van der Waals surface area contributed by atoms with Crippen LogP contribution in [0, 0.1) is 0 Å². The molecule has 0 radical (unpaired) electrons. The molecule has 6 nitrogen and oxygen atoms in total. The molecule has 2 heterocycles. The third-order valence-corrected chi connectivity index (χ3v) is 3.73. The molecule has 1 saturated heterocycles. The average molecular weight is 290 g/mol. The van der Waals surface area contributed by atoms with Crippen LogP contribution in [0.3, 0.4) is 0 Å². The molecule has 0 saturated carbocycles. The minimum Gasteiger partial charge on any atom is -0.482 e. The summed E-state index contributed by atoms with van der Waals surface area (Å²) in [6, 6.07) is 5.14. The molecule has 0 aromatic heterocycles. The molecular weight excluding hydrogens is 272 g/mol. The van der Waals surface area contributed by atoms with Gasteiger partial charge in [-0.15, -0.1) is 0 Å². The van der Waals surface area contributed by atoms with Crippen LogP contribution in [0.2, 0.25) is 0 Å². The van der Waals surface area contributed by atoms with E-state index in [1.165, 1.54) is 0 Å². The summed E-state index contributed by atoms with van der Waals surface area (Å²) in [5.41, 5.74) is 1.16. The van der Waals surface area contributed by atoms with Crippen molar-refractivity contribution in [1.82, 2.24) is 4.90 Å². The Morgan fingerprint density at radius 2 is 2.19 bits per heavy atom. The predicted molar refractivity (Wildman–Crippen MR) is 76.5 cm³/mol. The van der Waals surface area contributed by atoms with E-state index in [-0.39, 0.29) is 30.6 Å². The molecule has 3 rings (SSSR count). The average Bonchev–Trinajstić information content (AvgIpc) is 2.48. The van der Waals surface area contributed by atoms with Gasteiger partial charge < -0.3 is 19.7 Å². The second kappa shape index (κ2) is 5.37. The van der Waals surface area contributed by atoms with Crippen molar-refractivity contribution in [2.45, 2.75) is 26.0 Å². The number of hydrogen-bond donors (Lipinski definition) is 1. The Bertz CT molecular complexity index is 587. The molecular formula is C15H18N2O4. The predicted octanol–water partition coefficient (Wildman–Crippen LogP) is 1.27. The largest absolute Gasteiger partial charge is 0.482 e. The van der Waals surface area contributed by atoms with E-state index in [1.54, 1.807) is 18.2 Å². The van der Waals surface area contributed by atoms with Crippen LogP contribution in [0.25, 0.3) is 0 Å². The minimum absolute atomic E-state index is 0.0182. The molecule has 6 heteroatoms. The summed E-state index contributed by atoms with van der Waals surface area (Å²) in [7, 11) is 0. The first-order chi connectivity index (χ1) is 10.0. The number of anilines is 1. The molecule has 0 bridgehead atoms. The molecule has 112 valence electrons. The molecule has 2 aliphatic heterocycles. The maximum absolute atomic E-state index is 12.6. The Hall–Kier alpha value is -2.08. The Labute approximate surface area is 123 Å². The Morgan fingerprint density at radius 3 is 3.00 bits per heavy atom. The summed E-state index contributed by atoms with van der Waals surface area (Å²) < 4.78 is 10.9. The number of ether oxygens (including phenoxy) is 2. The molecule has 1 N–H and O–H groups in total. The number of rotatable bonds is 1. The van der Waals surface area contributed by atoms with E-state index in [4.69, 9.17) is 9.47 Å². The smallest absolute Gasteiger partial charge is 0.262 e. The first-order valence-corrected chi connectivity index (χ1v) is 7.04. The number of carbonyl (C=O) groups is 2. The van der Waals surface area contributed by atoms with Gasteiger partial charge in [-0.25, -0.2) is 0 Å². The Morgan fingerprint density at radius 1 is 1.38 bits per heavy atom. The van der Waals surface area contributed by atoms with Crippen molar-refractivity contribution in [3.63, 3.8) is 0 Å². The number of nitrogens with one attached hydrogen (secondary N) is 1.